The summed E-state index contributed by atoms with van der Waals surface area (Å²) < 4.78 is 16.7. The van der Waals surface area contributed by atoms with E-state index in [0.29, 0.717) is 22.8 Å². The van der Waals surface area contributed by atoms with Gasteiger partial charge < -0.3 is 18.8 Å². The molecule has 0 unspecified atom stereocenters. The zero-order chi connectivity index (χ0) is 21.5. The summed E-state index contributed by atoms with van der Waals surface area (Å²) >= 11 is 0. The van der Waals surface area contributed by atoms with Gasteiger partial charge in [0.1, 0.15) is 28.9 Å². The van der Waals surface area contributed by atoms with Crippen LogP contribution in [0.3, 0.4) is 0 Å². The van der Waals surface area contributed by atoms with Crippen LogP contribution in [0.5, 0.6) is 11.5 Å². The van der Waals surface area contributed by atoms with Gasteiger partial charge in [0.2, 0.25) is 5.88 Å². The largest absolute Gasteiger partial charge is 0.497 e. The minimum Gasteiger partial charge on any atom is -0.497 e. The van der Waals surface area contributed by atoms with Crippen LogP contribution in [-0.4, -0.2) is 38.5 Å². The number of aliphatic imine (C=N–C) groups is 1. The zero-order valence-electron chi connectivity index (χ0n) is 17.7. The lowest BCUT2D eigenvalue weighted by atomic mass is 9.98. The first-order chi connectivity index (χ1) is 14.6. The molecule has 0 saturated heterocycles. The van der Waals surface area contributed by atoms with Gasteiger partial charge in [0.25, 0.3) is 0 Å². The van der Waals surface area contributed by atoms with Gasteiger partial charge in [-0.1, -0.05) is 12.1 Å². The van der Waals surface area contributed by atoms with Crippen LogP contribution in [-0.2, 0) is 0 Å². The smallest absolute Gasteiger partial charge is 0.239 e. The van der Waals surface area contributed by atoms with Crippen LogP contribution in [0.25, 0.3) is 22.5 Å². The molecular formula is C24H25N3O3. The molecule has 0 fully saturated rings. The number of hydrogen-bond acceptors (Lipinski definition) is 5. The Morgan fingerprint density at radius 3 is 1.93 bits per heavy atom. The first-order valence-corrected chi connectivity index (χ1v) is 9.79. The van der Waals surface area contributed by atoms with Gasteiger partial charge in [-0.3, -0.25) is 0 Å². The highest BCUT2D eigenvalue weighted by molar-refractivity contribution is 5.88. The van der Waals surface area contributed by atoms with Crippen molar-refractivity contribution in [3.8, 4) is 40.0 Å². The van der Waals surface area contributed by atoms with Crippen LogP contribution in [0.2, 0.25) is 0 Å². The fourth-order valence-corrected chi connectivity index (χ4v) is 3.11. The van der Waals surface area contributed by atoms with Crippen molar-refractivity contribution in [3.05, 3.63) is 54.1 Å². The van der Waals surface area contributed by atoms with Gasteiger partial charge in [-0.25, -0.2) is 4.99 Å². The summed E-state index contributed by atoms with van der Waals surface area (Å²) in [5, 5.41) is 9.94. The summed E-state index contributed by atoms with van der Waals surface area (Å²) in [4.78, 5) is 6.51. The second-order valence-electron chi connectivity index (χ2n) is 6.52. The molecule has 0 N–H and O–H groups in total. The van der Waals surface area contributed by atoms with E-state index in [9.17, 15) is 5.26 Å². The topological polar surface area (TPSA) is 71.0 Å². The number of nitriles is 1. The second kappa shape index (κ2) is 9.66. The molecule has 0 aliphatic heterocycles. The van der Waals surface area contributed by atoms with Crippen molar-refractivity contribution in [2.24, 2.45) is 4.99 Å². The fraction of sp³-hybridized carbons (Fsp3) is 0.250. The average molecular weight is 403 g/mol. The lowest BCUT2D eigenvalue weighted by Crippen LogP contribution is -2.20. The SMILES string of the molecule is CCN(C=Nc1oc(-c2ccc(OC)cc2)c(-c2ccc(OC)cc2)c1C#N)CC. The monoisotopic (exact) mass is 403 g/mol. The maximum absolute atomic E-state index is 9.94. The predicted molar refractivity (Wildman–Crippen MR) is 118 cm³/mol. The Morgan fingerprint density at radius 2 is 1.47 bits per heavy atom. The van der Waals surface area contributed by atoms with E-state index in [4.69, 9.17) is 13.9 Å². The third-order valence-corrected chi connectivity index (χ3v) is 4.88. The molecule has 154 valence electrons. The van der Waals surface area contributed by atoms with Crippen LogP contribution in [0, 0.1) is 11.3 Å². The lowest BCUT2D eigenvalue weighted by molar-refractivity contribution is 0.414. The van der Waals surface area contributed by atoms with Gasteiger partial charge in [0.05, 0.1) is 20.6 Å². The average Bonchev–Trinajstić information content (AvgIpc) is 3.18. The van der Waals surface area contributed by atoms with Gasteiger partial charge in [0.15, 0.2) is 0 Å². The van der Waals surface area contributed by atoms with Crippen molar-refractivity contribution in [2.75, 3.05) is 27.3 Å². The number of rotatable bonds is 8. The Labute approximate surface area is 177 Å². The summed E-state index contributed by atoms with van der Waals surface area (Å²) in [5.41, 5.74) is 2.79. The van der Waals surface area contributed by atoms with Crippen molar-refractivity contribution < 1.29 is 13.9 Å². The van der Waals surface area contributed by atoms with Crippen LogP contribution >= 0.6 is 0 Å². The first kappa shape index (κ1) is 21.0. The normalized spacial score (nSPS) is 10.8. The summed E-state index contributed by atoms with van der Waals surface area (Å²) in [7, 11) is 3.24. The molecule has 0 bridgehead atoms. The number of benzene rings is 2. The zero-order valence-corrected chi connectivity index (χ0v) is 17.7. The minimum atomic E-state index is 0.293. The number of ether oxygens (including phenoxy) is 2. The van der Waals surface area contributed by atoms with Crippen LogP contribution in [0.15, 0.2) is 57.9 Å². The Bertz CT molecular complexity index is 1040. The first-order valence-electron chi connectivity index (χ1n) is 9.79. The van der Waals surface area contributed by atoms with E-state index in [0.717, 1.165) is 35.7 Å². The van der Waals surface area contributed by atoms with E-state index in [1.807, 2.05) is 53.4 Å². The highest BCUT2D eigenvalue weighted by Crippen LogP contribution is 2.43. The lowest BCUT2D eigenvalue weighted by Gasteiger charge is -2.12. The molecule has 3 aromatic rings. The fourth-order valence-electron chi connectivity index (χ4n) is 3.11. The maximum Gasteiger partial charge on any atom is 0.239 e. The van der Waals surface area contributed by atoms with E-state index in [-0.39, 0.29) is 0 Å². The van der Waals surface area contributed by atoms with Crippen molar-refractivity contribution in [1.29, 1.82) is 5.26 Å². The molecule has 3 rings (SSSR count). The Morgan fingerprint density at radius 1 is 0.933 bits per heavy atom. The highest BCUT2D eigenvalue weighted by atomic mass is 16.5. The molecule has 1 heterocycles. The third-order valence-electron chi connectivity index (χ3n) is 4.88. The van der Waals surface area contributed by atoms with Crippen LogP contribution < -0.4 is 9.47 Å². The molecule has 30 heavy (non-hydrogen) atoms. The second-order valence-corrected chi connectivity index (χ2v) is 6.52. The molecule has 0 spiro atoms. The predicted octanol–water partition coefficient (Wildman–Crippen LogP) is 5.50. The summed E-state index contributed by atoms with van der Waals surface area (Å²) in [6.07, 6.45) is 1.72. The van der Waals surface area contributed by atoms with Crippen LogP contribution in [0.4, 0.5) is 5.88 Å². The molecule has 2 aromatic carbocycles. The number of methoxy groups -OCH3 is 2. The van der Waals surface area contributed by atoms with Gasteiger partial charge in [0, 0.05) is 24.2 Å². The molecule has 6 nitrogen and oxygen atoms in total. The molecule has 0 aliphatic carbocycles. The highest BCUT2D eigenvalue weighted by Gasteiger charge is 2.23. The molecule has 0 saturated carbocycles. The number of hydrogen-bond donors (Lipinski definition) is 0. The molecular weight excluding hydrogens is 378 g/mol. The van der Waals surface area contributed by atoms with Gasteiger partial charge in [-0.2, -0.15) is 5.26 Å². The molecule has 0 aliphatic rings. The van der Waals surface area contributed by atoms with E-state index < -0.39 is 0 Å². The molecule has 0 atom stereocenters. The summed E-state index contributed by atoms with van der Waals surface area (Å²) in [6.45, 7) is 5.74. The van der Waals surface area contributed by atoms with Crippen molar-refractivity contribution in [2.45, 2.75) is 13.8 Å². The number of furan rings is 1. The Hall–Kier alpha value is -3.72. The Balaban J connectivity index is 2.18. The van der Waals surface area contributed by atoms with Crippen molar-refractivity contribution in [1.82, 2.24) is 4.90 Å². The Kier molecular flexibility index (Phi) is 6.76. The van der Waals surface area contributed by atoms with Crippen molar-refractivity contribution in [3.63, 3.8) is 0 Å². The quantitative estimate of drug-likeness (QED) is 0.367. The van der Waals surface area contributed by atoms with E-state index >= 15 is 0 Å². The van der Waals surface area contributed by atoms with Gasteiger partial charge in [-0.15, -0.1) is 0 Å². The van der Waals surface area contributed by atoms with Crippen LogP contribution in [0.1, 0.15) is 19.4 Å². The third kappa shape index (κ3) is 4.31. The van der Waals surface area contributed by atoms with Crippen molar-refractivity contribution >= 4 is 12.2 Å². The minimum absolute atomic E-state index is 0.293. The molecule has 6 heteroatoms. The van der Waals surface area contributed by atoms with Gasteiger partial charge in [-0.05, 0) is 55.8 Å². The summed E-state index contributed by atoms with van der Waals surface area (Å²) in [5.74, 6) is 2.37. The molecule has 0 radical (unpaired) electrons. The summed E-state index contributed by atoms with van der Waals surface area (Å²) in [6, 6.07) is 17.4. The van der Waals surface area contributed by atoms with Gasteiger partial charge >= 0.3 is 0 Å². The maximum atomic E-state index is 9.94. The standard InChI is InChI=1S/C24H25N3O3/c1-5-27(6-2)16-26-24-21(15-25)22(17-7-11-19(28-3)12-8-17)23(30-24)18-9-13-20(29-4)14-10-18/h7-14,16H,5-6H2,1-4H3. The molecule has 0 amide bonds. The molecule has 1 aromatic heterocycles. The van der Waals surface area contributed by atoms with E-state index in [1.165, 1.54) is 0 Å². The number of nitrogens with zero attached hydrogens (tertiary/aromatic N) is 3. The van der Waals surface area contributed by atoms with E-state index in [2.05, 4.69) is 24.9 Å². The van der Waals surface area contributed by atoms with E-state index in [1.54, 1.807) is 20.6 Å².